The summed E-state index contributed by atoms with van der Waals surface area (Å²) in [5.41, 5.74) is 3.02. The van der Waals surface area contributed by atoms with Crippen LogP contribution < -0.4 is 14.9 Å². The summed E-state index contributed by atoms with van der Waals surface area (Å²) in [6.45, 7) is 0.326. The maximum atomic E-state index is 12.3. The lowest BCUT2D eigenvalue weighted by atomic mass is 10.1. The van der Waals surface area contributed by atoms with Gasteiger partial charge in [-0.2, -0.15) is 5.10 Å². The number of nitro benzene ring substituents is 1. The fourth-order valence-electron chi connectivity index (χ4n) is 3.61. The third-order valence-electron chi connectivity index (χ3n) is 5.34. The molecule has 2 N–H and O–H groups in total. The molecular weight excluding hydrogens is 530 g/mol. The van der Waals surface area contributed by atoms with E-state index in [2.05, 4.69) is 26.5 Å². The highest BCUT2D eigenvalue weighted by Gasteiger charge is 2.20. The second-order valence-electron chi connectivity index (χ2n) is 7.59. The third-order valence-corrected chi connectivity index (χ3v) is 5.93. The van der Waals surface area contributed by atoms with Gasteiger partial charge in [0.2, 0.25) is 5.75 Å². The van der Waals surface area contributed by atoms with E-state index in [1.54, 1.807) is 12.1 Å². The molecule has 0 atom stereocenters. The van der Waals surface area contributed by atoms with Gasteiger partial charge >= 0.3 is 5.69 Å². The van der Waals surface area contributed by atoms with Crippen molar-refractivity contribution in [3.05, 3.63) is 104 Å². The zero-order valence-electron chi connectivity index (χ0n) is 19.0. The molecule has 0 aliphatic heterocycles. The van der Waals surface area contributed by atoms with E-state index in [0.29, 0.717) is 28.1 Å². The molecule has 4 rings (SSSR count). The van der Waals surface area contributed by atoms with Crippen LogP contribution in [0.4, 0.5) is 5.69 Å². The first-order valence-corrected chi connectivity index (χ1v) is 11.4. The Morgan fingerprint density at radius 1 is 1.14 bits per heavy atom. The number of carbonyl (C=O) groups excluding carboxylic acids is 1. The van der Waals surface area contributed by atoms with Gasteiger partial charge in [-0.05, 0) is 56.0 Å². The Hall–Kier alpha value is -4.44. The van der Waals surface area contributed by atoms with E-state index in [4.69, 9.17) is 9.47 Å². The van der Waals surface area contributed by atoms with Crippen molar-refractivity contribution in [2.24, 2.45) is 5.10 Å². The average Bonchev–Trinajstić information content (AvgIpc) is 2.87. The summed E-state index contributed by atoms with van der Waals surface area (Å²) in [7, 11) is 1.51. The zero-order valence-corrected chi connectivity index (χ0v) is 20.6. The summed E-state index contributed by atoms with van der Waals surface area (Å²) in [4.78, 5) is 22.5. The number of amides is 1. The van der Waals surface area contributed by atoms with Crippen molar-refractivity contribution in [2.45, 2.75) is 6.61 Å². The highest BCUT2D eigenvalue weighted by molar-refractivity contribution is 9.10. The Labute approximate surface area is 214 Å². The molecule has 182 valence electrons. The first kappa shape index (κ1) is 24.7. The number of nitro groups is 1. The van der Waals surface area contributed by atoms with E-state index in [9.17, 15) is 20.0 Å². The van der Waals surface area contributed by atoms with Crippen molar-refractivity contribution in [2.75, 3.05) is 7.11 Å². The molecule has 0 saturated carbocycles. The fourth-order valence-corrected chi connectivity index (χ4v) is 4.18. The van der Waals surface area contributed by atoms with Crippen molar-refractivity contribution < 1.29 is 24.3 Å². The van der Waals surface area contributed by atoms with Crippen LogP contribution in [-0.2, 0) is 6.61 Å². The van der Waals surface area contributed by atoms with E-state index in [1.807, 2.05) is 42.5 Å². The number of hydrogen-bond donors (Lipinski definition) is 2. The summed E-state index contributed by atoms with van der Waals surface area (Å²) in [5, 5.41) is 27.0. The van der Waals surface area contributed by atoms with Gasteiger partial charge in [0.1, 0.15) is 6.61 Å². The van der Waals surface area contributed by atoms with E-state index < -0.39 is 22.3 Å². The van der Waals surface area contributed by atoms with Crippen molar-refractivity contribution in [1.29, 1.82) is 0 Å². The quantitative estimate of drug-likeness (QED) is 0.168. The molecule has 0 aliphatic carbocycles. The van der Waals surface area contributed by atoms with Crippen LogP contribution in [0.5, 0.6) is 17.2 Å². The number of hydrazone groups is 1. The number of halogens is 1. The average molecular weight is 550 g/mol. The lowest BCUT2D eigenvalue weighted by Crippen LogP contribution is -2.18. The molecule has 10 heteroatoms. The van der Waals surface area contributed by atoms with Crippen LogP contribution in [-0.4, -0.2) is 29.3 Å². The maximum Gasteiger partial charge on any atom is 0.311 e. The number of methoxy groups -OCH3 is 1. The Kier molecular flexibility index (Phi) is 7.45. The molecule has 4 aromatic rings. The molecule has 0 spiro atoms. The molecule has 0 unspecified atom stereocenters. The summed E-state index contributed by atoms with van der Waals surface area (Å²) < 4.78 is 12.2. The van der Waals surface area contributed by atoms with Gasteiger partial charge < -0.3 is 14.6 Å². The van der Waals surface area contributed by atoms with E-state index in [0.717, 1.165) is 22.4 Å². The summed E-state index contributed by atoms with van der Waals surface area (Å²) >= 11 is 3.50. The molecule has 36 heavy (non-hydrogen) atoms. The number of benzene rings is 4. The molecule has 0 aliphatic rings. The normalized spacial score (nSPS) is 10.9. The lowest BCUT2D eigenvalue weighted by Gasteiger charge is -2.14. The monoisotopic (exact) mass is 549 g/mol. The molecule has 0 heterocycles. The first-order valence-electron chi connectivity index (χ1n) is 10.7. The van der Waals surface area contributed by atoms with Gasteiger partial charge in [0.15, 0.2) is 11.5 Å². The minimum absolute atomic E-state index is 0.266. The number of hydrogen-bond acceptors (Lipinski definition) is 7. The summed E-state index contributed by atoms with van der Waals surface area (Å²) in [5.74, 6) is -0.567. The number of para-hydroxylation sites is 1. The van der Waals surface area contributed by atoms with Crippen molar-refractivity contribution >= 4 is 44.5 Å². The van der Waals surface area contributed by atoms with Gasteiger partial charge in [-0.1, -0.05) is 48.5 Å². The van der Waals surface area contributed by atoms with Crippen LogP contribution in [0, 0.1) is 10.1 Å². The van der Waals surface area contributed by atoms with Gasteiger partial charge in [-0.25, -0.2) is 5.43 Å². The SMILES string of the molecule is COc1cc(/C=N\NC(=O)c2cccc([N+](=O)[O-])c2O)cc(Br)c1OCc1cccc2ccccc12. The van der Waals surface area contributed by atoms with Crippen molar-refractivity contribution in [3.63, 3.8) is 0 Å². The van der Waals surface area contributed by atoms with Crippen LogP contribution in [0.15, 0.2) is 82.4 Å². The molecule has 0 fully saturated rings. The molecule has 0 aromatic heterocycles. The predicted molar refractivity (Wildman–Crippen MR) is 139 cm³/mol. The lowest BCUT2D eigenvalue weighted by molar-refractivity contribution is -0.385. The fraction of sp³-hybridized carbons (Fsp3) is 0.0769. The number of phenols is 1. The first-order chi connectivity index (χ1) is 17.4. The number of phenolic OH excluding ortho intramolecular Hbond substituents is 1. The molecule has 9 nitrogen and oxygen atoms in total. The molecule has 4 aromatic carbocycles. The van der Waals surface area contributed by atoms with E-state index in [1.165, 1.54) is 25.5 Å². The molecule has 0 bridgehead atoms. The van der Waals surface area contributed by atoms with E-state index >= 15 is 0 Å². The molecule has 0 radical (unpaired) electrons. The maximum absolute atomic E-state index is 12.3. The van der Waals surface area contributed by atoms with E-state index in [-0.39, 0.29) is 5.56 Å². The largest absolute Gasteiger partial charge is 0.502 e. The Morgan fingerprint density at radius 2 is 1.89 bits per heavy atom. The zero-order chi connectivity index (χ0) is 25.7. The highest BCUT2D eigenvalue weighted by atomic mass is 79.9. The smallest absolute Gasteiger partial charge is 0.311 e. The summed E-state index contributed by atoms with van der Waals surface area (Å²) in [6, 6.07) is 21.2. The van der Waals surface area contributed by atoms with Gasteiger partial charge in [0, 0.05) is 6.07 Å². The van der Waals surface area contributed by atoms with Crippen LogP contribution in [0.25, 0.3) is 10.8 Å². The molecule has 1 amide bonds. The van der Waals surface area contributed by atoms with Gasteiger partial charge in [0.05, 0.1) is 28.3 Å². The molecular formula is C26H20BrN3O6. The second kappa shape index (κ2) is 10.9. The van der Waals surface area contributed by atoms with Crippen LogP contribution in [0.3, 0.4) is 0 Å². The highest BCUT2D eigenvalue weighted by Crippen LogP contribution is 2.37. The standard InChI is InChI=1S/C26H20BrN3O6/c1-35-23-13-16(14-28-29-26(32)20-10-5-11-22(24(20)31)30(33)34)12-21(27)25(23)36-15-18-8-4-7-17-6-2-3-9-19(17)18/h2-14,31H,15H2,1H3,(H,29,32)/b28-14-. The molecule has 0 saturated heterocycles. The van der Waals surface area contributed by atoms with Crippen molar-refractivity contribution in [1.82, 2.24) is 5.43 Å². The number of rotatable bonds is 8. The predicted octanol–water partition coefficient (Wildman–Crippen LogP) is 5.57. The van der Waals surface area contributed by atoms with Crippen LogP contribution >= 0.6 is 15.9 Å². The minimum Gasteiger partial charge on any atom is -0.502 e. The van der Waals surface area contributed by atoms with Crippen LogP contribution in [0.2, 0.25) is 0 Å². The number of carbonyl (C=O) groups is 1. The Bertz CT molecular complexity index is 1480. The van der Waals surface area contributed by atoms with Gasteiger partial charge in [-0.3, -0.25) is 14.9 Å². The Balaban J connectivity index is 1.49. The summed E-state index contributed by atoms with van der Waals surface area (Å²) in [6.07, 6.45) is 1.37. The van der Waals surface area contributed by atoms with Crippen molar-refractivity contribution in [3.8, 4) is 17.2 Å². The third kappa shape index (κ3) is 5.28. The number of fused-ring (bicyclic) bond motifs is 1. The topological polar surface area (TPSA) is 123 Å². The number of nitrogens with one attached hydrogen (secondary N) is 1. The number of aromatic hydroxyl groups is 1. The number of ether oxygens (including phenoxy) is 2. The minimum atomic E-state index is -0.798. The second-order valence-corrected chi connectivity index (χ2v) is 8.44. The Morgan fingerprint density at radius 3 is 2.67 bits per heavy atom. The van der Waals surface area contributed by atoms with Crippen LogP contribution in [0.1, 0.15) is 21.5 Å². The van der Waals surface area contributed by atoms with Gasteiger partial charge in [0.25, 0.3) is 5.91 Å². The van der Waals surface area contributed by atoms with Gasteiger partial charge in [-0.15, -0.1) is 0 Å². The number of nitrogens with zero attached hydrogens (tertiary/aromatic N) is 2.